The molecular weight excluding hydrogens is 795 g/mol. The summed E-state index contributed by atoms with van der Waals surface area (Å²) >= 11 is 8.79. The molecule has 1 saturated heterocycles. The van der Waals surface area contributed by atoms with Crippen molar-refractivity contribution in [3.05, 3.63) is 111 Å². The molecule has 1 atom stereocenters. The molecular formula is C40H46ClIN4O6. The van der Waals surface area contributed by atoms with Crippen LogP contribution in [0.15, 0.2) is 67.0 Å². The van der Waals surface area contributed by atoms with Crippen molar-refractivity contribution in [2.24, 2.45) is 0 Å². The summed E-state index contributed by atoms with van der Waals surface area (Å²) in [7, 11) is 1.81. The van der Waals surface area contributed by atoms with Crippen molar-refractivity contribution in [2.45, 2.75) is 58.8 Å². The van der Waals surface area contributed by atoms with E-state index in [-0.39, 0.29) is 26.4 Å². The van der Waals surface area contributed by atoms with E-state index in [4.69, 9.17) is 28.9 Å². The summed E-state index contributed by atoms with van der Waals surface area (Å²) in [5.74, 6) is 0.988. The molecule has 52 heavy (non-hydrogen) atoms. The van der Waals surface area contributed by atoms with Crippen LogP contribution in [0, 0.1) is 25.2 Å². The predicted octanol–water partition coefficient (Wildman–Crippen LogP) is 6.79. The lowest BCUT2D eigenvalue weighted by Gasteiger charge is -2.26. The van der Waals surface area contributed by atoms with Gasteiger partial charge < -0.3 is 27.5 Å². The van der Waals surface area contributed by atoms with E-state index in [2.05, 4.69) is 60.1 Å². The van der Waals surface area contributed by atoms with Gasteiger partial charge in [-0.3, -0.25) is 14.8 Å². The van der Waals surface area contributed by atoms with Crippen molar-refractivity contribution in [2.75, 3.05) is 46.5 Å². The topological polar surface area (TPSA) is 121 Å². The van der Waals surface area contributed by atoms with Gasteiger partial charge in [0.2, 0.25) is 0 Å². The molecule has 0 spiro atoms. The predicted molar refractivity (Wildman–Crippen MR) is 209 cm³/mol. The summed E-state index contributed by atoms with van der Waals surface area (Å²) in [4.78, 5) is 8.36. The molecule has 0 unspecified atom stereocenters. The molecule has 2 heterocycles. The highest BCUT2D eigenvalue weighted by Crippen LogP contribution is 2.36. The number of hydrogen-bond donors (Lipinski definition) is 2. The van der Waals surface area contributed by atoms with Gasteiger partial charge in [-0.05, 0) is 72.8 Å². The van der Waals surface area contributed by atoms with E-state index in [0.717, 1.165) is 65.0 Å². The van der Waals surface area contributed by atoms with Crippen molar-refractivity contribution < 1.29 is 27.5 Å². The number of hydrogen-bond acceptors (Lipinski definition) is 10. The number of ether oxygens (including phenoxy) is 3. The van der Waals surface area contributed by atoms with Crippen LogP contribution in [0.5, 0.6) is 11.5 Å². The van der Waals surface area contributed by atoms with Crippen LogP contribution < -0.4 is 9.47 Å². The third-order valence-corrected chi connectivity index (χ3v) is 10.6. The number of aliphatic hydroxyl groups is 2. The van der Waals surface area contributed by atoms with Crippen LogP contribution in [0.25, 0.3) is 11.1 Å². The molecule has 0 amide bonds. The fourth-order valence-corrected chi connectivity index (χ4v) is 6.99. The number of pyridine rings is 1. The van der Waals surface area contributed by atoms with Crippen LogP contribution in [0.4, 0.5) is 0 Å². The van der Waals surface area contributed by atoms with Crippen LogP contribution in [-0.2, 0) is 34.2 Å². The Morgan fingerprint density at radius 3 is 2.31 bits per heavy atom. The van der Waals surface area contributed by atoms with Gasteiger partial charge in [0.1, 0.15) is 53.8 Å². The maximum Gasteiger partial charge on any atom is 0.142 e. The SMILES string of the molecule is Cc1c(COCCN2CC[C@@H](OI)C2)cccc1-c1cccc(COc2cc(OCc3cncc(C#N)c3)c(CN(C)C(CO)CO)cc2Cl)c1C. The summed E-state index contributed by atoms with van der Waals surface area (Å²) in [6.45, 7) is 8.79. The maximum atomic E-state index is 9.73. The Balaban J connectivity index is 1.30. The summed E-state index contributed by atoms with van der Waals surface area (Å²) in [6, 6.07) is 19.5. The molecule has 0 bridgehead atoms. The Morgan fingerprint density at radius 1 is 0.962 bits per heavy atom. The Morgan fingerprint density at radius 2 is 1.65 bits per heavy atom. The minimum atomic E-state index is -0.449. The second kappa shape index (κ2) is 19.7. The van der Waals surface area contributed by atoms with E-state index in [9.17, 15) is 15.5 Å². The molecule has 1 fully saturated rings. The lowest BCUT2D eigenvalue weighted by atomic mass is 9.92. The number of aliphatic hydroxyl groups excluding tert-OH is 2. The van der Waals surface area contributed by atoms with Gasteiger partial charge in [0.05, 0.1) is 49.2 Å². The third kappa shape index (κ3) is 10.4. The number of rotatable bonds is 18. The fourth-order valence-electron chi connectivity index (χ4n) is 6.33. The molecule has 0 aliphatic carbocycles. The number of nitrogens with zero attached hydrogens (tertiary/aromatic N) is 4. The van der Waals surface area contributed by atoms with Crippen LogP contribution >= 0.6 is 34.6 Å². The molecule has 0 radical (unpaired) electrons. The molecule has 3 aromatic carbocycles. The molecule has 10 nitrogen and oxygen atoms in total. The minimum absolute atomic E-state index is 0.168. The first-order valence-electron chi connectivity index (χ1n) is 17.3. The molecule has 1 aliphatic heterocycles. The van der Waals surface area contributed by atoms with Gasteiger partial charge >= 0.3 is 0 Å². The summed E-state index contributed by atoms with van der Waals surface area (Å²) < 4.78 is 24.2. The number of halogens is 2. The van der Waals surface area contributed by atoms with Gasteiger partial charge in [-0.25, -0.2) is 0 Å². The average Bonchev–Trinajstić information content (AvgIpc) is 3.62. The lowest BCUT2D eigenvalue weighted by molar-refractivity contribution is 0.0866. The second-order valence-corrected chi connectivity index (χ2v) is 14.0. The summed E-state index contributed by atoms with van der Waals surface area (Å²) in [6.07, 6.45) is 4.53. The minimum Gasteiger partial charge on any atom is -0.488 e. The van der Waals surface area contributed by atoms with Crippen LogP contribution in [0.2, 0.25) is 5.02 Å². The van der Waals surface area contributed by atoms with Crippen molar-refractivity contribution in [3.8, 4) is 28.7 Å². The van der Waals surface area contributed by atoms with Gasteiger partial charge in [-0.2, -0.15) is 5.26 Å². The average molecular weight is 841 g/mol. The zero-order valence-electron chi connectivity index (χ0n) is 29.9. The normalized spacial score (nSPS) is 14.7. The Kier molecular flexibility index (Phi) is 15.1. The first-order chi connectivity index (χ1) is 25.2. The molecule has 5 rings (SSSR count). The van der Waals surface area contributed by atoms with E-state index in [0.29, 0.717) is 47.9 Å². The molecule has 276 valence electrons. The number of nitriles is 1. The number of benzene rings is 3. The van der Waals surface area contributed by atoms with E-state index in [1.165, 1.54) is 11.8 Å². The highest BCUT2D eigenvalue weighted by atomic mass is 127. The van der Waals surface area contributed by atoms with E-state index >= 15 is 0 Å². The fraction of sp³-hybridized carbons (Fsp3) is 0.400. The molecule has 0 saturated carbocycles. The standard InChI is InChI=1S/C40H46ClIN4O6/c1-27-31(25-49-13-12-46-11-10-35(21-46)52-42)6-4-8-36(27)37-9-5-7-32(28(37)2)26-51-40-16-39(50-24-30-14-29(17-43)18-44-19-30)33(15-38(40)41)20-45(3)34(22-47)23-48/h4-9,14-16,18-19,34-35,47-48H,10-13,20-26H2,1-3H3/t35-/m1/s1. The first kappa shape index (κ1) is 39.9. The highest BCUT2D eigenvalue weighted by molar-refractivity contribution is 14.1. The Bertz CT molecular complexity index is 1830. The van der Waals surface area contributed by atoms with E-state index in [1.54, 1.807) is 24.4 Å². The monoisotopic (exact) mass is 840 g/mol. The largest absolute Gasteiger partial charge is 0.488 e. The summed E-state index contributed by atoms with van der Waals surface area (Å²) in [5, 5.41) is 29.2. The van der Waals surface area contributed by atoms with Gasteiger partial charge in [0.25, 0.3) is 0 Å². The van der Waals surface area contributed by atoms with Gasteiger partial charge in [-0.1, -0.05) is 48.0 Å². The van der Waals surface area contributed by atoms with Crippen LogP contribution in [0.1, 0.15) is 45.4 Å². The van der Waals surface area contributed by atoms with Crippen LogP contribution in [-0.4, -0.2) is 83.6 Å². The van der Waals surface area contributed by atoms with Crippen molar-refractivity contribution in [1.29, 1.82) is 5.26 Å². The van der Waals surface area contributed by atoms with Crippen molar-refractivity contribution in [1.82, 2.24) is 14.8 Å². The molecule has 2 N–H and O–H groups in total. The number of aromatic nitrogens is 1. The highest BCUT2D eigenvalue weighted by Gasteiger charge is 2.22. The molecule has 12 heteroatoms. The molecule has 1 aromatic heterocycles. The van der Waals surface area contributed by atoms with Gasteiger partial charge in [-0.15, -0.1) is 0 Å². The van der Waals surface area contributed by atoms with E-state index < -0.39 is 6.04 Å². The third-order valence-electron chi connectivity index (χ3n) is 9.63. The molecule has 4 aromatic rings. The first-order valence-corrected chi connectivity index (χ1v) is 18.6. The van der Waals surface area contributed by atoms with Crippen LogP contribution in [0.3, 0.4) is 0 Å². The maximum absolute atomic E-state index is 9.73. The zero-order valence-corrected chi connectivity index (χ0v) is 32.8. The number of likely N-dealkylation sites (N-methyl/N-ethyl adjacent to an activating group) is 1. The van der Waals surface area contributed by atoms with Gasteiger partial charge in [0.15, 0.2) is 0 Å². The lowest BCUT2D eigenvalue weighted by Crippen LogP contribution is -2.37. The quantitative estimate of drug-likeness (QED) is 0.0819. The van der Waals surface area contributed by atoms with Gasteiger partial charge in [0, 0.05) is 55.8 Å². The van der Waals surface area contributed by atoms with E-state index in [1.807, 2.05) is 41.0 Å². The van der Waals surface area contributed by atoms with Crippen molar-refractivity contribution >= 4 is 34.6 Å². The Hall–Kier alpha value is -3.32. The zero-order chi connectivity index (χ0) is 37.0. The number of likely N-dealkylation sites (tertiary alicyclic amines) is 1. The summed E-state index contributed by atoms with van der Waals surface area (Å²) in [5.41, 5.74) is 8.70. The smallest absolute Gasteiger partial charge is 0.142 e. The Labute approximate surface area is 325 Å². The molecule has 1 aliphatic rings. The van der Waals surface area contributed by atoms with Crippen molar-refractivity contribution in [3.63, 3.8) is 0 Å². The second-order valence-electron chi connectivity index (χ2n) is 13.1.